The van der Waals surface area contributed by atoms with Gasteiger partial charge in [0.15, 0.2) is 10.9 Å². The number of aromatic amines is 2. The Morgan fingerprint density at radius 1 is 0.625 bits per heavy atom. The molecule has 0 bridgehead atoms. The standard InChI is InChI=1S/C41H49N9O6/c1-48(2)14-10-24-30(42)20-28(36-34(24)38(53)26-18-22(51)6-8-32(26)46-36)40(55)44-12-16-50(5)17-13-45-41(56)29-21-31(43)25(11-15-49(3)4)35-37(29)47-33-9-7-23(52)19-27(33)39(35)54/h6-9,18-21,51-52H,10-17,42-43H2,1-5H3,(H,44,55)(H,45,56)(H,46,53)(H,47,54). The van der Waals surface area contributed by atoms with Crippen LogP contribution in [0.15, 0.2) is 58.1 Å². The average Bonchev–Trinajstić information content (AvgIpc) is 3.14. The number of phenols is 2. The Bertz CT molecular complexity index is 2440. The number of aromatic hydroxyl groups is 2. The smallest absolute Gasteiger partial charge is 0.253 e. The predicted octanol–water partition coefficient (Wildman–Crippen LogP) is 2.55. The molecule has 0 atom stereocenters. The van der Waals surface area contributed by atoms with Crippen molar-refractivity contribution < 1.29 is 19.8 Å². The van der Waals surface area contributed by atoms with Gasteiger partial charge in [-0.25, -0.2) is 0 Å². The third-order valence-electron chi connectivity index (χ3n) is 10.1. The topological polar surface area (TPSA) is 226 Å². The fourth-order valence-corrected chi connectivity index (χ4v) is 7.04. The van der Waals surface area contributed by atoms with E-state index in [9.17, 15) is 29.4 Å². The Hall–Kier alpha value is -6.16. The second-order valence-electron chi connectivity index (χ2n) is 14.8. The molecule has 10 N–H and O–H groups in total. The third-order valence-corrected chi connectivity index (χ3v) is 10.1. The van der Waals surface area contributed by atoms with Crippen molar-refractivity contribution in [3.63, 3.8) is 0 Å². The second-order valence-corrected chi connectivity index (χ2v) is 14.8. The van der Waals surface area contributed by atoms with Crippen LogP contribution in [0.3, 0.4) is 0 Å². The van der Waals surface area contributed by atoms with E-state index >= 15 is 0 Å². The lowest BCUT2D eigenvalue weighted by Gasteiger charge is -2.19. The number of rotatable bonds is 14. The largest absolute Gasteiger partial charge is 0.508 e. The number of hydrogen-bond acceptors (Lipinski definition) is 11. The van der Waals surface area contributed by atoms with Gasteiger partial charge < -0.3 is 57.0 Å². The molecule has 0 fully saturated rings. The van der Waals surface area contributed by atoms with Crippen LogP contribution in [0, 0.1) is 0 Å². The van der Waals surface area contributed by atoms with Crippen molar-refractivity contribution in [3.05, 3.63) is 91.2 Å². The monoisotopic (exact) mass is 763 g/mol. The van der Waals surface area contributed by atoms with Gasteiger partial charge in [0, 0.05) is 61.4 Å². The van der Waals surface area contributed by atoms with Crippen LogP contribution in [0.4, 0.5) is 11.4 Å². The molecule has 0 unspecified atom stereocenters. The summed E-state index contributed by atoms with van der Waals surface area (Å²) in [7, 11) is 9.55. The maximum absolute atomic E-state index is 13.8. The van der Waals surface area contributed by atoms with Gasteiger partial charge >= 0.3 is 0 Å². The Kier molecular flexibility index (Phi) is 11.5. The van der Waals surface area contributed by atoms with Gasteiger partial charge in [-0.15, -0.1) is 0 Å². The first-order valence-corrected chi connectivity index (χ1v) is 18.4. The summed E-state index contributed by atoms with van der Waals surface area (Å²) in [5.74, 6) is -0.908. The molecule has 294 valence electrons. The number of anilines is 2. The van der Waals surface area contributed by atoms with E-state index in [-0.39, 0.29) is 46.6 Å². The van der Waals surface area contributed by atoms with Crippen molar-refractivity contribution >= 4 is 66.8 Å². The highest BCUT2D eigenvalue weighted by Crippen LogP contribution is 2.30. The van der Waals surface area contributed by atoms with E-state index < -0.39 is 11.8 Å². The molecule has 4 aromatic carbocycles. The normalized spacial score (nSPS) is 11.9. The number of hydrogen-bond donors (Lipinski definition) is 8. The fraction of sp³-hybridized carbons (Fsp3) is 0.317. The molecule has 0 aliphatic carbocycles. The molecule has 0 aliphatic heterocycles. The number of likely N-dealkylation sites (N-methyl/N-ethyl adjacent to an activating group) is 3. The minimum absolute atomic E-state index is 0.0432. The van der Waals surface area contributed by atoms with E-state index in [2.05, 4.69) is 20.6 Å². The second kappa shape index (κ2) is 16.3. The Morgan fingerprint density at radius 2 is 1.02 bits per heavy atom. The molecule has 0 spiro atoms. The van der Waals surface area contributed by atoms with Gasteiger partial charge in [-0.2, -0.15) is 0 Å². The zero-order chi connectivity index (χ0) is 40.4. The fourth-order valence-electron chi connectivity index (χ4n) is 7.04. The number of H-pyrrole nitrogens is 2. The maximum atomic E-state index is 13.8. The number of phenolic OH excluding ortho intramolecular Hbond substituents is 2. The number of carbonyl (C=O) groups excluding carboxylic acids is 2. The Balaban J connectivity index is 1.15. The van der Waals surface area contributed by atoms with Gasteiger partial charge in [-0.1, -0.05) is 0 Å². The number of amides is 2. The Labute approximate surface area is 322 Å². The number of carbonyl (C=O) groups is 2. The van der Waals surface area contributed by atoms with Gasteiger partial charge in [0.25, 0.3) is 11.8 Å². The molecular formula is C41H49N9O6. The highest BCUT2D eigenvalue weighted by molar-refractivity contribution is 6.11. The first-order chi connectivity index (χ1) is 26.6. The van der Waals surface area contributed by atoms with Crippen LogP contribution in [0.5, 0.6) is 11.5 Å². The van der Waals surface area contributed by atoms with Crippen LogP contribution in [-0.2, 0) is 12.8 Å². The van der Waals surface area contributed by atoms with Gasteiger partial charge in [-0.3, -0.25) is 19.2 Å². The molecule has 0 aliphatic rings. The Morgan fingerprint density at radius 3 is 1.39 bits per heavy atom. The number of pyridine rings is 2. The lowest BCUT2D eigenvalue weighted by atomic mass is 9.96. The van der Waals surface area contributed by atoms with Crippen LogP contribution in [0.25, 0.3) is 43.6 Å². The molecular weight excluding hydrogens is 715 g/mol. The van der Waals surface area contributed by atoms with Crippen molar-refractivity contribution in [2.24, 2.45) is 0 Å². The molecule has 15 heteroatoms. The lowest BCUT2D eigenvalue weighted by molar-refractivity contribution is 0.0950. The zero-order valence-electron chi connectivity index (χ0n) is 32.3. The minimum atomic E-state index is -0.411. The zero-order valence-corrected chi connectivity index (χ0v) is 32.3. The molecule has 0 saturated heterocycles. The van der Waals surface area contributed by atoms with Crippen molar-refractivity contribution in [2.45, 2.75) is 12.8 Å². The summed E-state index contributed by atoms with van der Waals surface area (Å²) in [6, 6.07) is 12.1. The molecule has 56 heavy (non-hydrogen) atoms. The van der Waals surface area contributed by atoms with Crippen molar-refractivity contribution in [1.29, 1.82) is 0 Å². The van der Waals surface area contributed by atoms with Gasteiger partial charge in [0.05, 0.1) is 44.0 Å². The van der Waals surface area contributed by atoms with Crippen molar-refractivity contribution in [3.8, 4) is 11.5 Å². The summed E-state index contributed by atoms with van der Waals surface area (Å²) >= 11 is 0. The van der Waals surface area contributed by atoms with E-state index in [1.807, 2.05) is 49.9 Å². The highest BCUT2D eigenvalue weighted by Gasteiger charge is 2.22. The molecule has 6 aromatic rings. The molecule has 6 rings (SSSR count). The number of nitrogens with one attached hydrogen (secondary N) is 4. The summed E-state index contributed by atoms with van der Waals surface area (Å²) < 4.78 is 0. The van der Waals surface area contributed by atoms with E-state index in [4.69, 9.17) is 11.5 Å². The van der Waals surface area contributed by atoms with Gasteiger partial charge in [-0.05, 0) is 108 Å². The molecule has 15 nitrogen and oxygen atoms in total. The van der Waals surface area contributed by atoms with Crippen LogP contribution in [0.2, 0.25) is 0 Å². The number of fused-ring (bicyclic) bond motifs is 4. The number of nitrogens with two attached hydrogens (primary N) is 2. The highest BCUT2D eigenvalue weighted by atomic mass is 16.3. The molecule has 0 radical (unpaired) electrons. The molecule has 2 aromatic heterocycles. The van der Waals surface area contributed by atoms with Crippen molar-refractivity contribution in [2.75, 3.05) is 86.0 Å². The van der Waals surface area contributed by atoms with Gasteiger partial charge in [0.2, 0.25) is 0 Å². The van der Waals surface area contributed by atoms with E-state index in [1.54, 1.807) is 24.3 Å². The maximum Gasteiger partial charge on any atom is 0.253 e. The summed E-state index contributed by atoms with van der Waals surface area (Å²) in [6.07, 6.45) is 0.968. The van der Waals surface area contributed by atoms with E-state index in [0.29, 0.717) is 105 Å². The lowest BCUT2D eigenvalue weighted by Crippen LogP contribution is -2.37. The average molecular weight is 764 g/mol. The van der Waals surface area contributed by atoms with Crippen LogP contribution in [0.1, 0.15) is 31.8 Å². The summed E-state index contributed by atoms with van der Waals surface area (Å²) in [4.78, 5) is 67.2. The first-order valence-electron chi connectivity index (χ1n) is 18.4. The quantitative estimate of drug-likeness (QED) is 0.0594. The summed E-state index contributed by atoms with van der Waals surface area (Å²) in [5, 5.41) is 27.3. The van der Waals surface area contributed by atoms with E-state index in [0.717, 1.165) is 0 Å². The minimum Gasteiger partial charge on any atom is -0.508 e. The van der Waals surface area contributed by atoms with E-state index in [1.165, 1.54) is 24.3 Å². The van der Waals surface area contributed by atoms with Crippen LogP contribution < -0.4 is 33.0 Å². The molecule has 2 heterocycles. The predicted molar refractivity (Wildman–Crippen MR) is 223 cm³/mol. The van der Waals surface area contributed by atoms with Crippen LogP contribution in [-0.4, -0.2) is 121 Å². The SMILES string of the molecule is CN(C)CCc1c(N)cc(C(=O)NCCN(C)CCNC(=O)c2cc(N)c(CCN(C)C)c3c(=O)c4cc(O)ccc4[nH]c23)c2[nH]c3ccc(O)cc3c(=O)c12. The first kappa shape index (κ1) is 39.5. The molecule has 2 amide bonds. The third kappa shape index (κ3) is 8.10. The van der Waals surface area contributed by atoms with Gasteiger partial charge in [0.1, 0.15) is 11.5 Å². The van der Waals surface area contributed by atoms with Crippen molar-refractivity contribution in [1.82, 2.24) is 35.3 Å². The number of aromatic nitrogens is 2. The number of nitrogens with zero attached hydrogens (tertiary/aromatic N) is 3. The van der Waals surface area contributed by atoms with Crippen LogP contribution >= 0.6 is 0 Å². The number of nitrogen functional groups attached to an aromatic ring is 2. The number of benzene rings is 4. The summed E-state index contributed by atoms with van der Waals surface area (Å²) in [6.45, 7) is 2.67. The molecule has 0 saturated carbocycles. The summed E-state index contributed by atoms with van der Waals surface area (Å²) in [5.41, 5.74) is 16.4.